The van der Waals surface area contributed by atoms with E-state index >= 15 is 0 Å². The van der Waals surface area contributed by atoms with Gasteiger partial charge in [-0.15, -0.1) is 23.5 Å². The average molecular weight is 320 g/mol. The first-order valence-electron chi connectivity index (χ1n) is 5.61. The van der Waals surface area contributed by atoms with Gasteiger partial charge in [0.2, 0.25) is 5.91 Å². The van der Waals surface area contributed by atoms with E-state index in [1.165, 1.54) is 14.2 Å². The fourth-order valence-corrected chi connectivity index (χ4v) is 4.48. The Balaban J connectivity index is 2.18. The molecule has 0 radical (unpaired) electrons. The number of nitrogens with one attached hydrogen (secondary N) is 1. The molecule has 1 amide bonds. The number of ether oxygens (including phenoxy) is 2. The van der Waals surface area contributed by atoms with Gasteiger partial charge >= 0.3 is 0 Å². The Morgan fingerprint density at radius 3 is 2.47 bits per heavy atom. The smallest absolute Gasteiger partial charge is 0.247 e. The molecule has 1 fully saturated rings. The molecule has 1 saturated heterocycles. The first-order chi connectivity index (χ1) is 9.15. The summed E-state index contributed by atoms with van der Waals surface area (Å²) >= 11 is 9.35. The van der Waals surface area contributed by atoms with E-state index in [-0.39, 0.29) is 10.5 Å². The molecule has 0 saturated carbocycles. The number of amides is 1. The summed E-state index contributed by atoms with van der Waals surface area (Å²) in [5.74, 6) is 3.02. The molecular formula is C12H14ClNO3S2. The van der Waals surface area contributed by atoms with Crippen molar-refractivity contribution in [1.29, 1.82) is 0 Å². The lowest BCUT2D eigenvalue weighted by Crippen LogP contribution is -2.21. The summed E-state index contributed by atoms with van der Waals surface area (Å²) in [6.07, 6.45) is 0. The van der Waals surface area contributed by atoms with Crippen LogP contribution >= 0.6 is 35.1 Å². The van der Waals surface area contributed by atoms with Crippen LogP contribution in [-0.2, 0) is 4.79 Å². The van der Waals surface area contributed by atoms with E-state index in [9.17, 15) is 4.79 Å². The number of hydrogen-bond acceptors (Lipinski definition) is 5. The number of carbonyl (C=O) groups excluding carboxylic acids is 1. The molecule has 104 valence electrons. The van der Waals surface area contributed by atoms with Crippen molar-refractivity contribution in [2.24, 2.45) is 0 Å². The van der Waals surface area contributed by atoms with Crippen molar-refractivity contribution in [3.63, 3.8) is 0 Å². The zero-order chi connectivity index (χ0) is 13.8. The summed E-state index contributed by atoms with van der Waals surface area (Å²) in [7, 11) is 3.07. The van der Waals surface area contributed by atoms with Crippen LogP contribution in [-0.4, -0.2) is 36.2 Å². The minimum absolute atomic E-state index is 0.0352. The molecule has 19 heavy (non-hydrogen) atoms. The molecular weight excluding hydrogens is 306 g/mol. The third-order valence-corrected chi connectivity index (χ3v) is 5.85. The van der Waals surface area contributed by atoms with Gasteiger partial charge in [-0.1, -0.05) is 11.6 Å². The van der Waals surface area contributed by atoms with Crippen molar-refractivity contribution in [2.45, 2.75) is 4.58 Å². The van der Waals surface area contributed by atoms with E-state index in [0.29, 0.717) is 22.2 Å². The van der Waals surface area contributed by atoms with Gasteiger partial charge in [0.05, 0.1) is 24.9 Å². The maximum absolute atomic E-state index is 12.1. The van der Waals surface area contributed by atoms with Crippen molar-refractivity contribution >= 4 is 46.7 Å². The number of hydrogen-bond donors (Lipinski definition) is 1. The van der Waals surface area contributed by atoms with Gasteiger partial charge in [-0.3, -0.25) is 4.79 Å². The predicted molar refractivity (Wildman–Crippen MR) is 81.9 cm³/mol. The maximum atomic E-state index is 12.1. The summed E-state index contributed by atoms with van der Waals surface area (Å²) in [6.45, 7) is 0. The van der Waals surface area contributed by atoms with E-state index in [1.807, 2.05) is 0 Å². The fraction of sp³-hybridized carbons (Fsp3) is 0.417. The van der Waals surface area contributed by atoms with Crippen molar-refractivity contribution in [3.8, 4) is 11.5 Å². The van der Waals surface area contributed by atoms with Crippen LogP contribution in [0.3, 0.4) is 0 Å². The Hall–Kier alpha value is -0.720. The van der Waals surface area contributed by atoms with Crippen molar-refractivity contribution < 1.29 is 14.3 Å². The van der Waals surface area contributed by atoms with Crippen LogP contribution < -0.4 is 14.8 Å². The van der Waals surface area contributed by atoms with Gasteiger partial charge in [0.25, 0.3) is 0 Å². The van der Waals surface area contributed by atoms with Crippen LogP contribution in [0.5, 0.6) is 11.5 Å². The monoisotopic (exact) mass is 319 g/mol. The Morgan fingerprint density at radius 1 is 1.26 bits per heavy atom. The molecule has 1 aliphatic rings. The van der Waals surface area contributed by atoms with Gasteiger partial charge in [0.1, 0.15) is 16.1 Å². The molecule has 0 spiro atoms. The van der Waals surface area contributed by atoms with E-state index in [2.05, 4.69) is 5.32 Å². The SMILES string of the molecule is COc1cc(OC)c(NC(=O)C2SCCS2)cc1Cl. The molecule has 1 aromatic carbocycles. The summed E-state index contributed by atoms with van der Waals surface area (Å²) in [5, 5.41) is 3.29. The van der Waals surface area contributed by atoms with E-state index < -0.39 is 0 Å². The van der Waals surface area contributed by atoms with Crippen LogP contribution in [0, 0.1) is 0 Å². The first-order valence-corrected chi connectivity index (χ1v) is 8.09. The van der Waals surface area contributed by atoms with Gasteiger partial charge in [-0.2, -0.15) is 0 Å². The third-order valence-electron chi connectivity index (χ3n) is 2.57. The second-order valence-electron chi connectivity index (χ2n) is 3.75. The number of anilines is 1. The van der Waals surface area contributed by atoms with Crippen LogP contribution in [0.1, 0.15) is 0 Å². The fourth-order valence-electron chi connectivity index (χ4n) is 1.66. The molecule has 0 aromatic heterocycles. The molecule has 0 bridgehead atoms. The van der Waals surface area contributed by atoms with Crippen LogP contribution in [0.25, 0.3) is 0 Å². The normalized spacial score (nSPS) is 15.3. The third kappa shape index (κ3) is 3.43. The molecule has 4 nitrogen and oxygen atoms in total. The van der Waals surface area contributed by atoms with Crippen molar-refractivity contribution in [3.05, 3.63) is 17.2 Å². The largest absolute Gasteiger partial charge is 0.495 e. The molecule has 0 atom stereocenters. The number of benzene rings is 1. The Bertz CT molecular complexity index is 478. The van der Waals surface area contributed by atoms with Crippen molar-refractivity contribution in [1.82, 2.24) is 0 Å². The highest BCUT2D eigenvalue weighted by Gasteiger charge is 2.25. The Kier molecular flexibility index (Phi) is 5.13. The number of halogens is 1. The minimum Gasteiger partial charge on any atom is -0.495 e. The highest BCUT2D eigenvalue weighted by molar-refractivity contribution is 8.21. The molecule has 1 heterocycles. The van der Waals surface area contributed by atoms with Crippen LogP contribution in [0.2, 0.25) is 5.02 Å². The minimum atomic E-state index is -0.0643. The molecule has 2 rings (SSSR count). The molecule has 0 unspecified atom stereocenters. The zero-order valence-electron chi connectivity index (χ0n) is 10.6. The highest BCUT2D eigenvalue weighted by atomic mass is 35.5. The van der Waals surface area contributed by atoms with Crippen LogP contribution in [0.4, 0.5) is 5.69 Å². The predicted octanol–water partition coefficient (Wildman–Crippen LogP) is 3.10. The summed E-state index contributed by atoms with van der Waals surface area (Å²) in [6, 6.07) is 3.30. The summed E-state index contributed by atoms with van der Waals surface area (Å²) in [5.41, 5.74) is 0.561. The second-order valence-corrected chi connectivity index (χ2v) is 6.88. The lowest BCUT2D eigenvalue weighted by Gasteiger charge is -2.14. The summed E-state index contributed by atoms with van der Waals surface area (Å²) < 4.78 is 10.3. The number of rotatable bonds is 4. The second kappa shape index (κ2) is 6.63. The van der Waals surface area contributed by atoms with Crippen molar-refractivity contribution in [2.75, 3.05) is 31.0 Å². The molecule has 1 aliphatic heterocycles. The molecule has 7 heteroatoms. The van der Waals surface area contributed by atoms with Crippen LogP contribution in [0.15, 0.2) is 12.1 Å². The molecule has 1 N–H and O–H groups in total. The van der Waals surface area contributed by atoms with E-state index in [1.54, 1.807) is 35.7 Å². The van der Waals surface area contributed by atoms with Gasteiger partial charge in [-0.05, 0) is 6.07 Å². The average Bonchev–Trinajstić information content (AvgIpc) is 2.93. The van der Waals surface area contributed by atoms with Gasteiger partial charge < -0.3 is 14.8 Å². The quantitative estimate of drug-likeness (QED) is 0.924. The number of carbonyl (C=O) groups is 1. The lowest BCUT2D eigenvalue weighted by atomic mass is 10.2. The number of methoxy groups -OCH3 is 2. The Morgan fingerprint density at radius 2 is 1.89 bits per heavy atom. The van der Waals surface area contributed by atoms with Gasteiger partial charge in [0.15, 0.2) is 0 Å². The Labute approximate surface area is 125 Å². The van der Waals surface area contributed by atoms with Gasteiger partial charge in [-0.25, -0.2) is 0 Å². The molecule has 1 aromatic rings. The maximum Gasteiger partial charge on any atom is 0.247 e. The van der Waals surface area contributed by atoms with Gasteiger partial charge in [0, 0.05) is 17.6 Å². The number of thioether (sulfide) groups is 2. The molecule has 0 aliphatic carbocycles. The van der Waals surface area contributed by atoms with E-state index in [4.69, 9.17) is 21.1 Å². The zero-order valence-corrected chi connectivity index (χ0v) is 13.0. The standard InChI is InChI=1S/C12H14ClNO3S2/c1-16-9-6-10(17-2)8(5-7(9)13)14-11(15)12-18-3-4-19-12/h5-6,12H,3-4H2,1-2H3,(H,14,15). The first kappa shape index (κ1) is 14.7. The summed E-state index contributed by atoms with van der Waals surface area (Å²) in [4.78, 5) is 12.1. The highest BCUT2D eigenvalue weighted by Crippen LogP contribution is 2.37. The van der Waals surface area contributed by atoms with E-state index in [0.717, 1.165) is 11.5 Å². The lowest BCUT2D eigenvalue weighted by molar-refractivity contribution is -0.114. The topological polar surface area (TPSA) is 47.6 Å².